The molecule has 0 aliphatic heterocycles. The molecule has 2 N–H and O–H groups in total. The first kappa shape index (κ1) is 12.3. The van der Waals surface area contributed by atoms with Gasteiger partial charge in [-0.05, 0) is 12.1 Å². The third-order valence-corrected chi connectivity index (χ3v) is 2.07. The fourth-order valence-electron chi connectivity index (χ4n) is 1.06. The van der Waals surface area contributed by atoms with Crippen LogP contribution in [0, 0.1) is 0 Å². The molecule has 0 aromatic heterocycles. The van der Waals surface area contributed by atoms with Crippen molar-refractivity contribution >= 4 is 29.2 Å². The van der Waals surface area contributed by atoms with Crippen LogP contribution in [0.25, 0.3) is 0 Å². The highest BCUT2D eigenvalue weighted by Crippen LogP contribution is 2.26. The average Bonchev–Trinajstić information content (AvgIpc) is 2.19. The van der Waals surface area contributed by atoms with Gasteiger partial charge in [-0.3, -0.25) is 9.59 Å². The van der Waals surface area contributed by atoms with E-state index < -0.39 is 18.3 Å². The largest absolute Gasteiger partial charge is 0.497 e. The topological polar surface area (TPSA) is 75.6 Å². The molecule has 6 heteroatoms. The van der Waals surface area contributed by atoms with Gasteiger partial charge in [0.1, 0.15) is 12.2 Å². The fraction of sp³-hybridized carbons (Fsp3) is 0.200. The molecule has 0 fully saturated rings. The van der Waals surface area contributed by atoms with Crippen molar-refractivity contribution in [3.8, 4) is 5.75 Å². The molecule has 0 aliphatic rings. The number of methoxy groups -OCH3 is 1. The van der Waals surface area contributed by atoms with Crippen molar-refractivity contribution in [2.75, 3.05) is 12.4 Å². The number of carbonyl (C=O) groups is 2. The lowest BCUT2D eigenvalue weighted by atomic mass is 10.3. The van der Waals surface area contributed by atoms with Crippen molar-refractivity contribution in [3.05, 3.63) is 23.2 Å². The molecule has 0 aliphatic carbocycles. The smallest absolute Gasteiger partial charge is 0.312 e. The van der Waals surface area contributed by atoms with E-state index in [4.69, 9.17) is 21.4 Å². The Kier molecular flexibility index (Phi) is 4.13. The SMILES string of the molecule is COc1ccc(NC(=O)CC(=O)O)c(Cl)c1. The van der Waals surface area contributed by atoms with Gasteiger partial charge in [0.25, 0.3) is 0 Å². The van der Waals surface area contributed by atoms with Gasteiger partial charge in [-0.15, -0.1) is 0 Å². The monoisotopic (exact) mass is 243 g/mol. The van der Waals surface area contributed by atoms with Crippen LogP contribution in [0.1, 0.15) is 6.42 Å². The summed E-state index contributed by atoms with van der Waals surface area (Å²) in [6.07, 6.45) is -0.595. The lowest BCUT2D eigenvalue weighted by Crippen LogP contribution is -2.16. The first-order chi connectivity index (χ1) is 7.52. The lowest BCUT2D eigenvalue weighted by Gasteiger charge is -2.07. The zero-order valence-corrected chi connectivity index (χ0v) is 9.25. The minimum atomic E-state index is -1.19. The highest BCUT2D eigenvalue weighted by atomic mass is 35.5. The first-order valence-electron chi connectivity index (χ1n) is 4.38. The maximum atomic E-state index is 11.1. The number of ether oxygens (including phenoxy) is 1. The molecule has 0 atom stereocenters. The van der Waals surface area contributed by atoms with Crippen molar-refractivity contribution in [1.82, 2.24) is 0 Å². The molecule has 0 unspecified atom stereocenters. The molecule has 0 saturated heterocycles. The fourth-order valence-corrected chi connectivity index (χ4v) is 1.27. The second-order valence-electron chi connectivity index (χ2n) is 2.96. The zero-order chi connectivity index (χ0) is 12.1. The summed E-state index contributed by atoms with van der Waals surface area (Å²) in [5.41, 5.74) is 0.355. The average molecular weight is 244 g/mol. The van der Waals surface area contributed by atoms with Gasteiger partial charge < -0.3 is 15.2 Å². The summed E-state index contributed by atoms with van der Waals surface area (Å²) in [7, 11) is 1.49. The normalized spacial score (nSPS) is 9.62. The summed E-state index contributed by atoms with van der Waals surface area (Å²) in [5.74, 6) is -1.26. The van der Waals surface area contributed by atoms with Crippen molar-refractivity contribution in [2.24, 2.45) is 0 Å². The molecule has 0 bridgehead atoms. The molecule has 1 amide bonds. The summed E-state index contributed by atoms with van der Waals surface area (Å²) in [6.45, 7) is 0. The number of hydrogen-bond donors (Lipinski definition) is 2. The van der Waals surface area contributed by atoms with Gasteiger partial charge in [0, 0.05) is 6.07 Å². The Morgan fingerprint density at radius 2 is 2.19 bits per heavy atom. The third kappa shape index (κ3) is 3.43. The first-order valence-corrected chi connectivity index (χ1v) is 4.76. The standard InChI is InChI=1S/C10H10ClNO4/c1-16-6-2-3-8(7(11)4-6)12-9(13)5-10(14)15/h2-4H,5H2,1H3,(H,12,13)(H,14,15). The molecule has 16 heavy (non-hydrogen) atoms. The second kappa shape index (κ2) is 5.37. The van der Waals surface area contributed by atoms with Crippen LogP contribution in [0.2, 0.25) is 5.02 Å². The van der Waals surface area contributed by atoms with Crippen molar-refractivity contribution in [3.63, 3.8) is 0 Å². The van der Waals surface area contributed by atoms with Gasteiger partial charge in [-0.25, -0.2) is 0 Å². The van der Waals surface area contributed by atoms with Crippen LogP contribution in [0.5, 0.6) is 5.75 Å². The van der Waals surface area contributed by atoms with Gasteiger partial charge in [0.05, 0.1) is 17.8 Å². The molecular weight excluding hydrogens is 234 g/mol. The Morgan fingerprint density at radius 3 is 2.69 bits per heavy atom. The van der Waals surface area contributed by atoms with E-state index in [2.05, 4.69) is 5.32 Å². The number of carbonyl (C=O) groups excluding carboxylic acids is 1. The van der Waals surface area contributed by atoms with Crippen LogP contribution in [0.15, 0.2) is 18.2 Å². The Labute approximate surface area is 97.0 Å². The molecule has 1 rings (SSSR count). The molecular formula is C10H10ClNO4. The van der Waals surface area contributed by atoms with Gasteiger partial charge in [0.15, 0.2) is 0 Å². The molecule has 0 saturated carbocycles. The highest BCUT2D eigenvalue weighted by molar-refractivity contribution is 6.33. The van der Waals surface area contributed by atoms with Gasteiger partial charge >= 0.3 is 5.97 Å². The summed E-state index contributed by atoms with van der Waals surface area (Å²) in [6, 6.07) is 4.68. The van der Waals surface area contributed by atoms with Crippen molar-refractivity contribution in [2.45, 2.75) is 6.42 Å². The maximum absolute atomic E-state index is 11.1. The number of benzene rings is 1. The number of carboxylic acid groups (broad SMARTS) is 1. The predicted octanol–water partition coefficient (Wildman–Crippen LogP) is 1.76. The Morgan fingerprint density at radius 1 is 1.50 bits per heavy atom. The van der Waals surface area contributed by atoms with E-state index in [1.165, 1.54) is 13.2 Å². The van der Waals surface area contributed by atoms with Crippen molar-refractivity contribution in [1.29, 1.82) is 0 Å². The third-order valence-electron chi connectivity index (χ3n) is 1.76. The van der Waals surface area contributed by atoms with Crippen LogP contribution in [-0.2, 0) is 9.59 Å². The summed E-state index contributed by atoms with van der Waals surface area (Å²) >= 11 is 5.85. The molecule has 5 nitrogen and oxygen atoms in total. The van der Waals surface area contributed by atoms with Crippen LogP contribution in [-0.4, -0.2) is 24.1 Å². The number of nitrogens with one attached hydrogen (secondary N) is 1. The van der Waals surface area contributed by atoms with E-state index in [0.29, 0.717) is 11.4 Å². The van der Waals surface area contributed by atoms with E-state index in [1.54, 1.807) is 12.1 Å². The minimum absolute atomic E-state index is 0.290. The quantitative estimate of drug-likeness (QED) is 0.790. The van der Waals surface area contributed by atoms with E-state index in [-0.39, 0.29) is 5.02 Å². The van der Waals surface area contributed by atoms with Crippen LogP contribution in [0.4, 0.5) is 5.69 Å². The molecule has 0 radical (unpaired) electrons. The molecule has 0 heterocycles. The number of carboxylic acids is 1. The number of rotatable bonds is 4. The minimum Gasteiger partial charge on any atom is -0.497 e. The molecule has 1 aromatic carbocycles. The molecule has 1 aromatic rings. The highest BCUT2D eigenvalue weighted by Gasteiger charge is 2.10. The summed E-state index contributed by atoms with van der Waals surface area (Å²) in [5, 5.41) is 11.1. The maximum Gasteiger partial charge on any atom is 0.312 e. The van der Waals surface area contributed by atoms with E-state index >= 15 is 0 Å². The predicted molar refractivity (Wildman–Crippen MR) is 58.9 cm³/mol. The van der Waals surface area contributed by atoms with Crippen molar-refractivity contribution < 1.29 is 19.4 Å². The lowest BCUT2D eigenvalue weighted by molar-refractivity contribution is -0.139. The molecule has 0 spiro atoms. The van der Waals surface area contributed by atoms with E-state index in [1.807, 2.05) is 0 Å². The number of aliphatic carboxylic acids is 1. The summed E-state index contributed by atoms with van der Waals surface area (Å²) in [4.78, 5) is 21.4. The van der Waals surface area contributed by atoms with E-state index in [0.717, 1.165) is 0 Å². The Bertz CT molecular complexity index is 419. The number of anilines is 1. The number of hydrogen-bond acceptors (Lipinski definition) is 3. The molecule has 86 valence electrons. The van der Waals surface area contributed by atoms with Gasteiger partial charge in [-0.1, -0.05) is 11.6 Å². The Hall–Kier alpha value is -1.75. The summed E-state index contributed by atoms with van der Waals surface area (Å²) < 4.78 is 4.93. The van der Waals surface area contributed by atoms with Crippen LogP contribution < -0.4 is 10.1 Å². The number of amides is 1. The van der Waals surface area contributed by atoms with Gasteiger partial charge in [-0.2, -0.15) is 0 Å². The second-order valence-corrected chi connectivity index (χ2v) is 3.37. The van der Waals surface area contributed by atoms with E-state index in [9.17, 15) is 9.59 Å². The number of halogens is 1. The van der Waals surface area contributed by atoms with Crippen LogP contribution >= 0.6 is 11.6 Å². The Balaban J connectivity index is 2.74. The zero-order valence-electron chi connectivity index (χ0n) is 8.49. The van der Waals surface area contributed by atoms with Crippen LogP contribution in [0.3, 0.4) is 0 Å². The van der Waals surface area contributed by atoms with Gasteiger partial charge in [0.2, 0.25) is 5.91 Å².